The molecule has 21 heavy (non-hydrogen) atoms. The molecule has 2 N–H and O–H groups in total. The Hall–Kier alpha value is -1.71. The number of carbonyl (C=O) groups excluding carboxylic acids is 1. The first-order valence-corrected chi connectivity index (χ1v) is 7.80. The standard InChI is InChI=1S/C17H26N2O2/c1-4-5-13-6-8-19(9-7-13)14-10-12(2)16(18)15(11-14)17(20)21-3/h10-11,13H,4-9,18H2,1-3H3. The van der Waals surface area contributed by atoms with Crippen molar-refractivity contribution in [3.63, 3.8) is 0 Å². The molecule has 2 rings (SSSR count). The quantitative estimate of drug-likeness (QED) is 0.682. The Morgan fingerprint density at radius 1 is 1.38 bits per heavy atom. The van der Waals surface area contributed by atoms with Crippen LogP contribution in [0.15, 0.2) is 12.1 Å². The van der Waals surface area contributed by atoms with E-state index in [2.05, 4.69) is 17.9 Å². The zero-order valence-electron chi connectivity index (χ0n) is 13.3. The highest BCUT2D eigenvalue weighted by molar-refractivity contribution is 5.97. The summed E-state index contributed by atoms with van der Waals surface area (Å²) < 4.78 is 4.83. The molecule has 0 unspecified atom stereocenters. The van der Waals surface area contributed by atoms with Crippen LogP contribution >= 0.6 is 0 Å². The van der Waals surface area contributed by atoms with E-state index in [1.807, 2.05) is 13.0 Å². The van der Waals surface area contributed by atoms with Crippen molar-refractivity contribution in [3.8, 4) is 0 Å². The van der Waals surface area contributed by atoms with Gasteiger partial charge in [-0.05, 0) is 43.4 Å². The normalized spacial score (nSPS) is 16.0. The molecule has 1 aromatic rings. The van der Waals surface area contributed by atoms with Gasteiger partial charge in [-0.25, -0.2) is 4.79 Å². The van der Waals surface area contributed by atoms with Gasteiger partial charge in [0.05, 0.1) is 12.7 Å². The van der Waals surface area contributed by atoms with Crippen LogP contribution in [0.2, 0.25) is 0 Å². The second kappa shape index (κ2) is 6.83. The molecule has 0 bridgehead atoms. The van der Waals surface area contributed by atoms with E-state index >= 15 is 0 Å². The van der Waals surface area contributed by atoms with Gasteiger partial charge in [-0.1, -0.05) is 19.8 Å². The lowest BCUT2D eigenvalue weighted by Gasteiger charge is -2.34. The summed E-state index contributed by atoms with van der Waals surface area (Å²) >= 11 is 0. The summed E-state index contributed by atoms with van der Waals surface area (Å²) in [4.78, 5) is 14.2. The number of ether oxygens (including phenoxy) is 1. The van der Waals surface area contributed by atoms with Gasteiger partial charge < -0.3 is 15.4 Å². The Kier molecular flexibility index (Phi) is 5.10. The van der Waals surface area contributed by atoms with E-state index in [0.29, 0.717) is 11.3 Å². The first kappa shape index (κ1) is 15.7. The lowest BCUT2D eigenvalue weighted by atomic mass is 9.92. The van der Waals surface area contributed by atoms with E-state index in [0.717, 1.165) is 30.3 Å². The maximum absolute atomic E-state index is 11.8. The fraction of sp³-hybridized carbons (Fsp3) is 0.588. The third-order valence-corrected chi connectivity index (χ3v) is 4.45. The molecule has 1 aromatic carbocycles. The monoisotopic (exact) mass is 290 g/mol. The third kappa shape index (κ3) is 3.49. The molecule has 1 saturated heterocycles. The van der Waals surface area contributed by atoms with Crippen LogP contribution < -0.4 is 10.6 Å². The number of nitrogen functional groups attached to an aromatic ring is 1. The fourth-order valence-electron chi connectivity index (χ4n) is 3.13. The molecule has 1 heterocycles. The van der Waals surface area contributed by atoms with Crippen LogP contribution in [0, 0.1) is 12.8 Å². The largest absolute Gasteiger partial charge is 0.465 e. The van der Waals surface area contributed by atoms with E-state index in [-0.39, 0.29) is 5.97 Å². The predicted molar refractivity (Wildman–Crippen MR) is 86.8 cm³/mol. The van der Waals surface area contributed by atoms with Gasteiger partial charge in [-0.15, -0.1) is 0 Å². The van der Waals surface area contributed by atoms with Crippen LogP contribution in [-0.4, -0.2) is 26.2 Å². The van der Waals surface area contributed by atoms with Crippen molar-refractivity contribution in [2.75, 3.05) is 30.8 Å². The molecule has 0 aromatic heterocycles. The van der Waals surface area contributed by atoms with E-state index in [1.165, 1.54) is 32.8 Å². The highest BCUT2D eigenvalue weighted by Crippen LogP contribution is 2.30. The van der Waals surface area contributed by atoms with Gasteiger partial charge in [0.2, 0.25) is 0 Å². The first-order chi connectivity index (χ1) is 10.1. The second-order valence-electron chi connectivity index (χ2n) is 5.93. The van der Waals surface area contributed by atoms with Gasteiger partial charge in [-0.3, -0.25) is 0 Å². The molecule has 0 spiro atoms. The molecule has 0 aliphatic carbocycles. The number of esters is 1. The summed E-state index contributed by atoms with van der Waals surface area (Å²) in [5.74, 6) is 0.486. The van der Waals surface area contributed by atoms with Gasteiger partial charge in [0, 0.05) is 24.5 Å². The Labute approximate surface area is 127 Å². The lowest BCUT2D eigenvalue weighted by Crippen LogP contribution is -2.33. The van der Waals surface area contributed by atoms with Gasteiger partial charge in [0.1, 0.15) is 0 Å². The molecule has 4 heteroatoms. The molecule has 1 aliphatic rings. The van der Waals surface area contributed by atoms with E-state index in [1.54, 1.807) is 0 Å². The van der Waals surface area contributed by atoms with Crippen molar-refractivity contribution in [1.82, 2.24) is 0 Å². The molecular formula is C17H26N2O2. The molecular weight excluding hydrogens is 264 g/mol. The summed E-state index contributed by atoms with van der Waals surface area (Å²) in [5, 5.41) is 0. The number of carbonyl (C=O) groups is 1. The second-order valence-corrected chi connectivity index (χ2v) is 5.93. The van der Waals surface area contributed by atoms with Gasteiger partial charge in [-0.2, -0.15) is 0 Å². The molecule has 4 nitrogen and oxygen atoms in total. The Morgan fingerprint density at radius 3 is 2.62 bits per heavy atom. The number of methoxy groups -OCH3 is 1. The molecule has 0 amide bonds. The van der Waals surface area contributed by atoms with Gasteiger partial charge in [0.25, 0.3) is 0 Å². The number of benzene rings is 1. The molecule has 0 atom stereocenters. The van der Waals surface area contributed by atoms with Crippen LogP contribution in [0.1, 0.15) is 48.5 Å². The number of nitrogens with zero attached hydrogens (tertiary/aromatic N) is 1. The van der Waals surface area contributed by atoms with Crippen LogP contribution in [-0.2, 0) is 4.74 Å². The summed E-state index contributed by atoms with van der Waals surface area (Å²) in [7, 11) is 1.39. The molecule has 0 radical (unpaired) electrons. The van der Waals surface area contributed by atoms with Crippen LogP contribution in [0.5, 0.6) is 0 Å². The Bertz CT molecular complexity index is 506. The first-order valence-electron chi connectivity index (χ1n) is 7.80. The summed E-state index contributed by atoms with van der Waals surface area (Å²) in [6, 6.07) is 3.94. The average molecular weight is 290 g/mol. The zero-order chi connectivity index (χ0) is 15.4. The SMILES string of the molecule is CCCC1CCN(c2cc(C)c(N)c(C(=O)OC)c2)CC1. The number of aryl methyl sites for hydroxylation is 1. The summed E-state index contributed by atoms with van der Waals surface area (Å²) in [5.41, 5.74) is 9.01. The maximum atomic E-state index is 11.8. The minimum absolute atomic E-state index is 0.363. The van der Waals surface area contributed by atoms with Crippen LogP contribution in [0.3, 0.4) is 0 Å². The van der Waals surface area contributed by atoms with Crippen molar-refractivity contribution >= 4 is 17.3 Å². The summed E-state index contributed by atoms with van der Waals surface area (Å²) in [6.45, 7) is 6.29. The van der Waals surface area contributed by atoms with Gasteiger partial charge >= 0.3 is 5.97 Å². The van der Waals surface area contributed by atoms with Crippen molar-refractivity contribution < 1.29 is 9.53 Å². The number of anilines is 2. The van der Waals surface area contributed by atoms with Crippen molar-refractivity contribution in [2.45, 2.75) is 39.5 Å². The fourth-order valence-corrected chi connectivity index (χ4v) is 3.13. The Balaban J connectivity index is 2.17. The molecule has 1 fully saturated rings. The van der Waals surface area contributed by atoms with Crippen molar-refractivity contribution in [2.24, 2.45) is 5.92 Å². The number of piperidine rings is 1. The Morgan fingerprint density at radius 2 is 2.05 bits per heavy atom. The van der Waals surface area contributed by atoms with Crippen LogP contribution in [0.4, 0.5) is 11.4 Å². The van der Waals surface area contributed by atoms with Crippen LogP contribution in [0.25, 0.3) is 0 Å². The lowest BCUT2D eigenvalue weighted by molar-refractivity contribution is 0.0602. The topological polar surface area (TPSA) is 55.6 Å². The highest BCUT2D eigenvalue weighted by atomic mass is 16.5. The smallest absolute Gasteiger partial charge is 0.340 e. The zero-order valence-corrected chi connectivity index (χ0v) is 13.3. The molecule has 0 saturated carbocycles. The predicted octanol–water partition coefficient (Wildman–Crippen LogP) is 3.38. The minimum Gasteiger partial charge on any atom is -0.465 e. The maximum Gasteiger partial charge on any atom is 0.340 e. The van der Waals surface area contributed by atoms with E-state index < -0.39 is 0 Å². The molecule has 1 aliphatic heterocycles. The van der Waals surface area contributed by atoms with Crippen molar-refractivity contribution in [3.05, 3.63) is 23.3 Å². The number of hydrogen-bond donors (Lipinski definition) is 1. The average Bonchev–Trinajstić information content (AvgIpc) is 2.50. The third-order valence-electron chi connectivity index (χ3n) is 4.45. The molecule has 116 valence electrons. The van der Waals surface area contributed by atoms with E-state index in [4.69, 9.17) is 10.5 Å². The van der Waals surface area contributed by atoms with Crippen molar-refractivity contribution in [1.29, 1.82) is 0 Å². The number of rotatable bonds is 4. The number of hydrogen-bond acceptors (Lipinski definition) is 4. The van der Waals surface area contributed by atoms with E-state index in [9.17, 15) is 4.79 Å². The highest BCUT2D eigenvalue weighted by Gasteiger charge is 2.21. The van der Waals surface area contributed by atoms with Gasteiger partial charge in [0.15, 0.2) is 0 Å². The number of nitrogens with two attached hydrogens (primary N) is 1. The minimum atomic E-state index is -0.363. The summed E-state index contributed by atoms with van der Waals surface area (Å²) in [6.07, 6.45) is 5.04.